The molecule has 1 unspecified atom stereocenters. The van der Waals surface area contributed by atoms with Crippen LogP contribution >= 0.6 is 0 Å². The monoisotopic (exact) mass is 271 g/mol. The second-order valence-electron chi connectivity index (χ2n) is 4.78. The van der Waals surface area contributed by atoms with Crippen LogP contribution in [0, 0.1) is 0 Å². The second kappa shape index (κ2) is 5.92. The van der Waals surface area contributed by atoms with Gasteiger partial charge in [0.25, 0.3) is 0 Å². The molecule has 104 valence electrons. The molecule has 0 fully saturated rings. The molecule has 0 aliphatic carbocycles. The number of aryl methyl sites for hydroxylation is 1. The largest absolute Gasteiger partial charge is 0.486 e. The highest BCUT2D eigenvalue weighted by atomic mass is 16.6. The molecular formula is C16H17NO3. The Morgan fingerprint density at radius 3 is 2.75 bits per heavy atom. The number of fused-ring (bicyclic) bond motifs is 1. The zero-order valence-electron chi connectivity index (χ0n) is 11.2. The summed E-state index contributed by atoms with van der Waals surface area (Å²) < 4.78 is 11.0. The molecule has 4 heteroatoms. The number of benzene rings is 1. The molecule has 4 nitrogen and oxygen atoms in total. The third-order valence-corrected chi connectivity index (χ3v) is 3.35. The smallest absolute Gasteiger partial charge is 0.161 e. The summed E-state index contributed by atoms with van der Waals surface area (Å²) in [5, 5.41) is 10.3. The topological polar surface area (TPSA) is 51.6 Å². The van der Waals surface area contributed by atoms with Gasteiger partial charge in [-0.1, -0.05) is 12.1 Å². The van der Waals surface area contributed by atoms with Crippen molar-refractivity contribution in [3.05, 3.63) is 53.9 Å². The van der Waals surface area contributed by atoms with Gasteiger partial charge in [-0.15, -0.1) is 0 Å². The Balaban J connectivity index is 1.66. The third-order valence-electron chi connectivity index (χ3n) is 3.35. The van der Waals surface area contributed by atoms with Crippen molar-refractivity contribution in [2.75, 3.05) is 13.2 Å². The molecule has 0 saturated heterocycles. The predicted molar refractivity (Wildman–Crippen MR) is 74.9 cm³/mol. The van der Waals surface area contributed by atoms with Gasteiger partial charge in [0, 0.05) is 11.9 Å². The maximum absolute atomic E-state index is 10.3. The fraction of sp³-hybridized carbons (Fsp3) is 0.312. The van der Waals surface area contributed by atoms with Crippen LogP contribution in [0.4, 0.5) is 0 Å². The summed E-state index contributed by atoms with van der Waals surface area (Å²) in [5.41, 5.74) is 1.84. The number of aromatic nitrogens is 1. The van der Waals surface area contributed by atoms with E-state index in [2.05, 4.69) is 4.98 Å². The lowest BCUT2D eigenvalue weighted by molar-refractivity contribution is 0.159. The fourth-order valence-electron chi connectivity index (χ4n) is 2.26. The molecule has 3 rings (SSSR count). The molecule has 1 aliphatic heterocycles. The van der Waals surface area contributed by atoms with Crippen molar-refractivity contribution >= 4 is 0 Å². The van der Waals surface area contributed by atoms with E-state index in [0.717, 1.165) is 23.4 Å². The van der Waals surface area contributed by atoms with E-state index in [0.29, 0.717) is 25.4 Å². The van der Waals surface area contributed by atoms with Gasteiger partial charge in [0.1, 0.15) is 13.2 Å². The molecule has 0 bridgehead atoms. The summed E-state index contributed by atoms with van der Waals surface area (Å²) in [6.07, 6.45) is 2.63. The van der Waals surface area contributed by atoms with Crippen LogP contribution in [0.5, 0.6) is 11.5 Å². The summed E-state index contributed by atoms with van der Waals surface area (Å²) in [6.45, 7) is 1.13. The number of nitrogens with zero attached hydrogens (tertiary/aromatic N) is 1. The van der Waals surface area contributed by atoms with Crippen LogP contribution in [0.25, 0.3) is 0 Å². The van der Waals surface area contributed by atoms with Crippen molar-refractivity contribution < 1.29 is 14.6 Å². The van der Waals surface area contributed by atoms with E-state index >= 15 is 0 Å². The van der Waals surface area contributed by atoms with Gasteiger partial charge in [0.05, 0.1) is 6.10 Å². The number of rotatable bonds is 4. The molecule has 20 heavy (non-hydrogen) atoms. The van der Waals surface area contributed by atoms with Gasteiger partial charge in [-0.3, -0.25) is 4.98 Å². The molecule has 0 saturated carbocycles. The van der Waals surface area contributed by atoms with Crippen LogP contribution in [0.2, 0.25) is 0 Å². The van der Waals surface area contributed by atoms with Gasteiger partial charge in [-0.2, -0.15) is 0 Å². The van der Waals surface area contributed by atoms with E-state index in [1.807, 2.05) is 36.4 Å². The first kappa shape index (κ1) is 12.9. The van der Waals surface area contributed by atoms with E-state index in [4.69, 9.17) is 9.47 Å². The molecule has 0 spiro atoms. The lowest BCUT2D eigenvalue weighted by Crippen LogP contribution is -2.15. The molecule has 2 heterocycles. The highest BCUT2D eigenvalue weighted by Gasteiger charge is 2.15. The number of hydrogen-bond donors (Lipinski definition) is 1. The van der Waals surface area contributed by atoms with Crippen LogP contribution in [0.1, 0.15) is 23.8 Å². The minimum absolute atomic E-state index is 0.521. The Hall–Kier alpha value is -2.07. The summed E-state index contributed by atoms with van der Waals surface area (Å²) in [4.78, 5) is 4.26. The number of hydrogen-bond acceptors (Lipinski definition) is 4. The second-order valence-corrected chi connectivity index (χ2v) is 4.78. The molecule has 1 aliphatic rings. The highest BCUT2D eigenvalue weighted by Crippen LogP contribution is 2.33. The number of ether oxygens (including phenoxy) is 2. The van der Waals surface area contributed by atoms with Gasteiger partial charge in [0.15, 0.2) is 11.5 Å². The van der Waals surface area contributed by atoms with E-state index in [1.54, 1.807) is 6.20 Å². The van der Waals surface area contributed by atoms with Crippen molar-refractivity contribution in [2.24, 2.45) is 0 Å². The van der Waals surface area contributed by atoms with Crippen molar-refractivity contribution in [1.29, 1.82) is 0 Å². The van der Waals surface area contributed by atoms with Crippen molar-refractivity contribution in [3.63, 3.8) is 0 Å². The quantitative estimate of drug-likeness (QED) is 0.928. The lowest BCUT2D eigenvalue weighted by atomic mass is 10.0. The Morgan fingerprint density at radius 1 is 1.10 bits per heavy atom. The average Bonchev–Trinajstić information content (AvgIpc) is 2.53. The number of aliphatic hydroxyl groups is 1. The summed E-state index contributed by atoms with van der Waals surface area (Å²) in [7, 11) is 0. The van der Waals surface area contributed by atoms with Crippen LogP contribution in [0.15, 0.2) is 42.6 Å². The molecular weight excluding hydrogens is 254 g/mol. The van der Waals surface area contributed by atoms with E-state index in [1.165, 1.54) is 0 Å². The molecule has 1 atom stereocenters. The van der Waals surface area contributed by atoms with E-state index in [9.17, 15) is 5.11 Å². The third kappa shape index (κ3) is 2.91. The van der Waals surface area contributed by atoms with Crippen LogP contribution in [-0.4, -0.2) is 23.3 Å². The molecule has 1 aromatic heterocycles. The van der Waals surface area contributed by atoms with Crippen molar-refractivity contribution in [2.45, 2.75) is 18.9 Å². The average molecular weight is 271 g/mol. The molecule has 2 aromatic rings. The van der Waals surface area contributed by atoms with Gasteiger partial charge >= 0.3 is 0 Å². The zero-order chi connectivity index (χ0) is 13.8. The van der Waals surface area contributed by atoms with Crippen LogP contribution < -0.4 is 9.47 Å². The molecule has 0 amide bonds. The van der Waals surface area contributed by atoms with Crippen LogP contribution in [-0.2, 0) is 6.42 Å². The minimum Gasteiger partial charge on any atom is -0.486 e. The molecule has 0 radical (unpaired) electrons. The zero-order valence-corrected chi connectivity index (χ0v) is 11.2. The minimum atomic E-state index is -0.521. The van der Waals surface area contributed by atoms with Crippen molar-refractivity contribution in [1.82, 2.24) is 4.98 Å². The maximum atomic E-state index is 10.3. The lowest BCUT2D eigenvalue weighted by Gasteiger charge is -2.20. The van der Waals surface area contributed by atoms with Crippen LogP contribution in [0.3, 0.4) is 0 Å². The SMILES string of the molecule is OC(CCc1ccccn1)c1ccc2c(c1)OCCO2. The summed E-state index contributed by atoms with van der Waals surface area (Å²) >= 11 is 0. The van der Waals surface area contributed by atoms with E-state index < -0.39 is 6.10 Å². The van der Waals surface area contributed by atoms with Gasteiger partial charge in [-0.25, -0.2) is 0 Å². The predicted octanol–water partition coefficient (Wildman–Crippen LogP) is 2.52. The van der Waals surface area contributed by atoms with Gasteiger partial charge in [-0.05, 0) is 42.7 Å². The number of pyridine rings is 1. The Bertz CT molecular complexity index is 571. The number of aliphatic hydroxyl groups excluding tert-OH is 1. The first-order valence-corrected chi connectivity index (χ1v) is 6.80. The normalized spacial score (nSPS) is 14.8. The Morgan fingerprint density at radius 2 is 1.95 bits per heavy atom. The highest BCUT2D eigenvalue weighted by molar-refractivity contribution is 5.44. The first-order valence-electron chi connectivity index (χ1n) is 6.80. The summed E-state index contributed by atoms with van der Waals surface area (Å²) in [5.74, 6) is 1.46. The Kier molecular flexibility index (Phi) is 3.83. The Labute approximate surface area is 118 Å². The molecule has 1 aromatic carbocycles. The fourth-order valence-corrected chi connectivity index (χ4v) is 2.26. The van der Waals surface area contributed by atoms with E-state index in [-0.39, 0.29) is 0 Å². The first-order chi connectivity index (χ1) is 9.83. The van der Waals surface area contributed by atoms with Crippen molar-refractivity contribution in [3.8, 4) is 11.5 Å². The van der Waals surface area contributed by atoms with Gasteiger partial charge in [0.2, 0.25) is 0 Å². The van der Waals surface area contributed by atoms with Gasteiger partial charge < -0.3 is 14.6 Å². The maximum Gasteiger partial charge on any atom is 0.161 e. The summed E-state index contributed by atoms with van der Waals surface area (Å²) in [6, 6.07) is 11.4. The standard InChI is InChI=1S/C16H17NO3/c18-14(6-5-13-3-1-2-8-17-13)12-4-7-15-16(11-12)20-10-9-19-15/h1-4,7-8,11,14,18H,5-6,9-10H2. The molecule has 1 N–H and O–H groups in total.